The summed E-state index contributed by atoms with van der Waals surface area (Å²) < 4.78 is 0. The van der Waals surface area contributed by atoms with E-state index in [1.165, 1.54) is 0 Å². The Balaban J connectivity index is 1.70. The monoisotopic (exact) mass is 438 g/mol. The molecule has 2 aromatic carbocycles. The third kappa shape index (κ3) is 4.74. The molecular formula is C26H22N4OS. The first kappa shape index (κ1) is 21.4. The number of dihydropyridines is 1. The molecule has 0 spiro atoms. The molecule has 1 atom stereocenters. The van der Waals surface area contributed by atoms with Crippen LogP contribution in [0.1, 0.15) is 24.0 Å². The fourth-order valence-electron chi connectivity index (χ4n) is 3.66. The van der Waals surface area contributed by atoms with Crippen molar-refractivity contribution in [2.75, 3.05) is 5.32 Å². The van der Waals surface area contributed by atoms with Crippen LogP contribution in [-0.2, 0) is 10.5 Å². The lowest BCUT2D eigenvalue weighted by Gasteiger charge is -2.30. The van der Waals surface area contributed by atoms with Gasteiger partial charge in [-0.05, 0) is 42.3 Å². The minimum absolute atomic E-state index is 0.221. The fourth-order valence-corrected chi connectivity index (χ4v) is 4.71. The zero-order valence-corrected chi connectivity index (χ0v) is 18.4. The highest BCUT2D eigenvalue weighted by Crippen LogP contribution is 2.41. The number of nitriles is 1. The van der Waals surface area contributed by atoms with Crippen LogP contribution >= 0.6 is 11.8 Å². The molecule has 1 amide bonds. The Bertz CT molecular complexity index is 1200. The predicted octanol–water partition coefficient (Wildman–Crippen LogP) is 5.35. The number of amides is 1. The number of carbonyl (C=O) groups excluding carboxylic acids is 1. The Morgan fingerprint density at radius 3 is 2.38 bits per heavy atom. The molecule has 2 N–H and O–H groups in total. The summed E-state index contributed by atoms with van der Waals surface area (Å²) in [4.78, 5) is 17.4. The van der Waals surface area contributed by atoms with Gasteiger partial charge < -0.3 is 10.6 Å². The van der Waals surface area contributed by atoms with Crippen molar-refractivity contribution in [3.05, 3.63) is 118 Å². The van der Waals surface area contributed by atoms with Gasteiger partial charge in [-0.2, -0.15) is 5.26 Å². The van der Waals surface area contributed by atoms with E-state index in [4.69, 9.17) is 0 Å². The molecule has 4 rings (SSSR count). The average Bonchev–Trinajstić information content (AvgIpc) is 2.84. The summed E-state index contributed by atoms with van der Waals surface area (Å²) >= 11 is 1.56. The number of hydrogen-bond donors (Lipinski definition) is 2. The van der Waals surface area contributed by atoms with E-state index in [-0.39, 0.29) is 5.91 Å². The molecule has 0 bridgehead atoms. The normalized spacial score (nSPS) is 15.7. The Kier molecular flexibility index (Phi) is 6.69. The lowest BCUT2D eigenvalue weighted by Crippen LogP contribution is -2.30. The van der Waals surface area contributed by atoms with Crippen molar-refractivity contribution in [3.8, 4) is 6.07 Å². The van der Waals surface area contributed by atoms with Crippen LogP contribution in [0.2, 0.25) is 0 Å². The van der Waals surface area contributed by atoms with Gasteiger partial charge in [0.25, 0.3) is 5.91 Å². The molecular weight excluding hydrogens is 416 g/mol. The van der Waals surface area contributed by atoms with Crippen LogP contribution in [0, 0.1) is 11.3 Å². The van der Waals surface area contributed by atoms with Crippen molar-refractivity contribution in [3.63, 3.8) is 0 Å². The molecule has 0 radical (unpaired) electrons. The molecule has 1 aromatic heterocycles. The summed E-state index contributed by atoms with van der Waals surface area (Å²) in [6.07, 6.45) is 3.52. The third-order valence-corrected chi connectivity index (χ3v) is 6.28. The average molecular weight is 439 g/mol. The first-order chi connectivity index (χ1) is 15.7. The second-order valence-electron chi connectivity index (χ2n) is 7.33. The van der Waals surface area contributed by atoms with Crippen LogP contribution in [0.4, 0.5) is 5.69 Å². The molecule has 32 heavy (non-hydrogen) atoms. The van der Waals surface area contributed by atoms with Gasteiger partial charge in [0, 0.05) is 35.1 Å². The van der Waals surface area contributed by atoms with Crippen LogP contribution < -0.4 is 10.6 Å². The van der Waals surface area contributed by atoms with Gasteiger partial charge in [-0.3, -0.25) is 9.78 Å². The summed E-state index contributed by atoms with van der Waals surface area (Å²) in [7, 11) is 0. The zero-order valence-electron chi connectivity index (χ0n) is 17.6. The number of nitrogens with zero attached hydrogens (tertiary/aromatic N) is 2. The molecule has 3 aromatic rings. The second kappa shape index (κ2) is 9.99. The largest absolute Gasteiger partial charge is 0.353 e. The van der Waals surface area contributed by atoms with Crippen molar-refractivity contribution < 1.29 is 4.79 Å². The molecule has 0 fully saturated rings. The van der Waals surface area contributed by atoms with E-state index in [9.17, 15) is 10.1 Å². The van der Waals surface area contributed by atoms with E-state index in [1.807, 2.05) is 79.7 Å². The first-order valence-electron chi connectivity index (χ1n) is 10.2. The summed E-state index contributed by atoms with van der Waals surface area (Å²) in [6.45, 7) is 1.89. The van der Waals surface area contributed by atoms with Gasteiger partial charge in [-0.15, -0.1) is 11.8 Å². The minimum Gasteiger partial charge on any atom is -0.353 e. The van der Waals surface area contributed by atoms with E-state index >= 15 is 0 Å². The molecule has 1 aliphatic rings. The van der Waals surface area contributed by atoms with Crippen molar-refractivity contribution >= 4 is 23.4 Å². The van der Waals surface area contributed by atoms with E-state index in [1.54, 1.807) is 24.2 Å². The predicted molar refractivity (Wildman–Crippen MR) is 128 cm³/mol. The number of rotatable bonds is 6. The van der Waals surface area contributed by atoms with E-state index in [0.29, 0.717) is 22.6 Å². The number of anilines is 1. The zero-order chi connectivity index (χ0) is 22.3. The first-order valence-corrected chi connectivity index (χ1v) is 11.2. The topological polar surface area (TPSA) is 77.8 Å². The van der Waals surface area contributed by atoms with Gasteiger partial charge in [0.05, 0.1) is 22.6 Å². The molecule has 158 valence electrons. The number of carbonyl (C=O) groups is 1. The minimum atomic E-state index is -0.453. The van der Waals surface area contributed by atoms with Gasteiger partial charge in [-0.25, -0.2) is 0 Å². The van der Waals surface area contributed by atoms with Crippen LogP contribution in [0.5, 0.6) is 0 Å². The molecule has 0 saturated heterocycles. The summed E-state index contributed by atoms with van der Waals surface area (Å²) in [5.74, 6) is 0.0168. The Hall–Kier alpha value is -3.82. The number of pyridine rings is 1. The SMILES string of the molecule is CC1=C(C(=O)Nc2ccccc2)[C@H](c2ccccc2)C(C#N)=C(SCc2ccncc2)N1. The quantitative estimate of drug-likeness (QED) is 0.542. The summed E-state index contributed by atoms with van der Waals surface area (Å²) in [6, 6.07) is 25.3. The van der Waals surface area contributed by atoms with Crippen LogP contribution in [0.25, 0.3) is 0 Å². The second-order valence-corrected chi connectivity index (χ2v) is 8.31. The molecule has 2 heterocycles. The van der Waals surface area contributed by atoms with Crippen LogP contribution in [0.3, 0.4) is 0 Å². The van der Waals surface area contributed by atoms with Crippen molar-refractivity contribution in [1.29, 1.82) is 5.26 Å². The molecule has 0 saturated carbocycles. The molecule has 1 aliphatic heterocycles. The maximum atomic E-state index is 13.4. The maximum Gasteiger partial charge on any atom is 0.254 e. The van der Waals surface area contributed by atoms with Crippen molar-refractivity contribution in [1.82, 2.24) is 10.3 Å². The number of benzene rings is 2. The number of nitrogens with one attached hydrogen (secondary N) is 2. The molecule has 0 unspecified atom stereocenters. The van der Waals surface area contributed by atoms with Gasteiger partial charge in [-0.1, -0.05) is 48.5 Å². The van der Waals surface area contributed by atoms with Gasteiger partial charge in [0.1, 0.15) is 0 Å². The smallest absolute Gasteiger partial charge is 0.254 e. The van der Waals surface area contributed by atoms with E-state index in [0.717, 1.165) is 21.9 Å². The van der Waals surface area contributed by atoms with Gasteiger partial charge in [0.2, 0.25) is 0 Å². The van der Waals surface area contributed by atoms with Gasteiger partial charge >= 0.3 is 0 Å². The highest BCUT2D eigenvalue weighted by atomic mass is 32.2. The van der Waals surface area contributed by atoms with Crippen molar-refractivity contribution in [2.45, 2.75) is 18.6 Å². The van der Waals surface area contributed by atoms with Gasteiger partial charge in [0.15, 0.2) is 0 Å². The van der Waals surface area contributed by atoms with Crippen LogP contribution in [0.15, 0.2) is 107 Å². The lowest BCUT2D eigenvalue weighted by atomic mass is 9.82. The van der Waals surface area contributed by atoms with E-state index < -0.39 is 5.92 Å². The number of thioether (sulfide) groups is 1. The summed E-state index contributed by atoms with van der Waals surface area (Å²) in [5.41, 5.74) is 4.56. The lowest BCUT2D eigenvalue weighted by molar-refractivity contribution is -0.113. The van der Waals surface area contributed by atoms with Crippen molar-refractivity contribution in [2.24, 2.45) is 0 Å². The van der Waals surface area contributed by atoms with Crippen LogP contribution in [-0.4, -0.2) is 10.9 Å². The number of allylic oxidation sites excluding steroid dienone is 2. The highest BCUT2D eigenvalue weighted by Gasteiger charge is 2.34. The van der Waals surface area contributed by atoms with E-state index in [2.05, 4.69) is 21.7 Å². The summed E-state index contributed by atoms with van der Waals surface area (Å²) in [5, 5.41) is 17.2. The standard InChI is InChI=1S/C26H22N4OS/c1-18-23(25(31)30-21-10-6-3-7-11-21)24(20-8-4-2-5-9-20)22(16-27)26(29-18)32-17-19-12-14-28-15-13-19/h2-15,24,29H,17H2,1H3,(H,30,31)/t24-/m1/s1. The molecule has 0 aliphatic carbocycles. The molecule has 6 heteroatoms. The highest BCUT2D eigenvalue weighted by molar-refractivity contribution is 8.02. The Morgan fingerprint density at radius 1 is 1.06 bits per heavy atom. The number of para-hydroxylation sites is 1. The third-order valence-electron chi connectivity index (χ3n) is 5.19. The molecule has 5 nitrogen and oxygen atoms in total. The fraction of sp³-hybridized carbons (Fsp3) is 0.115. The number of aromatic nitrogens is 1. The maximum absolute atomic E-state index is 13.4. The Morgan fingerprint density at radius 2 is 1.72 bits per heavy atom. The Labute approximate surface area is 191 Å². The number of hydrogen-bond acceptors (Lipinski definition) is 5.